The van der Waals surface area contributed by atoms with Crippen molar-refractivity contribution in [2.75, 3.05) is 15.9 Å². The number of aryl methyl sites for hydroxylation is 1. The molecule has 0 spiro atoms. The summed E-state index contributed by atoms with van der Waals surface area (Å²) in [5.41, 5.74) is 2.94. The summed E-state index contributed by atoms with van der Waals surface area (Å²) in [5, 5.41) is 5.62. The van der Waals surface area contributed by atoms with Crippen LogP contribution in [0.1, 0.15) is 34.8 Å². The van der Waals surface area contributed by atoms with Gasteiger partial charge < -0.3 is 10.6 Å². The maximum atomic E-state index is 13.3. The van der Waals surface area contributed by atoms with Gasteiger partial charge in [0.15, 0.2) is 0 Å². The molecule has 178 valence electrons. The van der Waals surface area contributed by atoms with Crippen LogP contribution in [-0.2, 0) is 21.4 Å². The van der Waals surface area contributed by atoms with E-state index in [-0.39, 0.29) is 12.3 Å². The first kappa shape index (κ1) is 25.0. The average molecular weight is 480 g/mol. The molecule has 3 aromatic rings. The molecule has 0 aliphatic rings. The number of sulfonamides is 1. The van der Waals surface area contributed by atoms with Gasteiger partial charge in [0.2, 0.25) is 15.9 Å². The Morgan fingerprint density at radius 3 is 2.15 bits per heavy atom. The van der Waals surface area contributed by atoms with Gasteiger partial charge in [0, 0.05) is 6.54 Å². The fraction of sp³-hybridized carbons (Fsp3) is 0.231. The fourth-order valence-electron chi connectivity index (χ4n) is 3.63. The van der Waals surface area contributed by atoms with Crippen LogP contribution < -0.4 is 14.9 Å². The van der Waals surface area contributed by atoms with Crippen LogP contribution in [0.15, 0.2) is 78.9 Å². The van der Waals surface area contributed by atoms with E-state index < -0.39 is 22.0 Å². The molecule has 0 radical (unpaired) electrons. The van der Waals surface area contributed by atoms with Gasteiger partial charge in [-0.15, -0.1) is 0 Å². The predicted octanol–water partition coefficient (Wildman–Crippen LogP) is 4.11. The lowest BCUT2D eigenvalue weighted by atomic mass is 10.1. The van der Waals surface area contributed by atoms with Crippen molar-refractivity contribution in [3.8, 4) is 0 Å². The van der Waals surface area contributed by atoms with E-state index in [1.165, 1.54) is 0 Å². The van der Waals surface area contributed by atoms with Gasteiger partial charge in [0.1, 0.15) is 6.04 Å². The highest BCUT2D eigenvalue weighted by Gasteiger charge is 2.32. The van der Waals surface area contributed by atoms with E-state index in [1.54, 1.807) is 55.5 Å². The molecule has 2 amide bonds. The Kier molecular flexibility index (Phi) is 8.07. The first-order chi connectivity index (χ1) is 16.2. The third-order valence-electron chi connectivity index (χ3n) is 5.34. The van der Waals surface area contributed by atoms with Crippen molar-refractivity contribution in [1.82, 2.24) is 5.32 Å². The molecule has 2 N–H and O–H groups in total. The number of benzene rings is 3. The van der Waals surface area contributed by atoms with Crippen LogP contribution in [0.2, 0.25) is 0 Å². The Morgan fingerprint density at radius 2 is 1.53 bits per heavy atom. The van der Waals surface area contributed by atoms with E-state index in [0.717, 1.165) is 21.7 Å². The van der Waals surface area contributed by atoms with E-state index in [9.17, 15) is 18.0 Å². The Morgan fingerprint density at radius 1 is 0.912 bits per heavy atom. The summed E-state index contributed by atoms with van der Waals surface area (Å²) in [6.07, 6.45) is 1.32. The maximum Gasteiger partial charge on any atom is 0.253 e. The van der Waals surface area contributed by atoms with Crippen molar-refractivity contribution in [3.05, 3.63) is 95.6 Å². The third kappa shape index (κ3) is 6.23. The van der Waals surface area contributed by atoms with Crippen molar-refractivity contribution in [2.24, 2.45) is 0 Å². The topological polar surface area (TPSA) is 95.6 Å². The third-order valence-corrected chi connectivity index (χ3v) is 6.52. The van der Waals surface area contributed by atoms with Gasteiger partial charge in [-0.05, 0) is 43.2 Å². The van der Waals surface area contributed by atoms with Crippen LogP contribution in [0, 0.1) is 6.92 Å². The van der Waals surface area contributed by atoms with Gasteiger partial charge in [0.25, 0.3) is 5.91 Å². The van der Waals surface area contributed by atoms with Crippen molar-refractivity contribution in [3.63, 3.8) is 0 Å². The van der Waals surface area contributed by atoms with Gasteiger partial charge in [-0.1, -0.05) is 67.1 Å². The number of rotatable bonds is 9. The molecular weight excluding hydrogens is 450 g/mol. The van der Waals surface area contributed by atoms with Crippen molar-refractivity contribution < 1.29 is 18.0 Å². The lowest BCUT2D eigenvalue weighted by molar-refractivity contribution is -0.117. The molecule has 0 bridgehead atoms. The van der Waals surface area contributed by atoms with E-state index in [1.807, 2.05) is 37.3 Å². The lowest BCUT2D eigenvalue weighted by Crippen LogP contribution is -2.47. The number of carbonyl (C=O) groups is 2. The van der Waals surface area contributed by atoms with Crippen LogP contribution in [0.25, 0.3) is 0 Å². The standard InChI is InChI=1S/C26H29N3O4S/c1-4-24(29(34(3,32)33)21-16-14-19(2)15-17-21)26(31)28-23-13-9-8-12-22(23)25(30)27-18-20-10-6-5-7-11-20/h5-17,24H,4,18H2,1-3H3,(H,27,30)(H,28,31)/t24-/m0/s1. The van der Waals surface area contributed by atoms with Crippen LogP contribution in [0.5, 0.6) is 0 Å². The number of hydrogen-bond donors (Lipinski definition) is 2. The number of para-hydroxylation sites is 1. The van der Waals surface area contributed by atoms with E-state index in [0.29, 0.717) is 23.5 Å². The Bertz CT molecular complexity index is 1240. The molecule has 0 heterocycles. The van der Waals surface area contributed by atoms with Gasteiger partial charge >= 0.3 is 0 Å². The zero-order valence-electron chi connectivity index (χ0n) is 19.5. The highest BCUT2D eigenvalue weighted by Crippen LogP contribution is 2.24. The molecule has 7 nitrogen and oxygen atoms in total. The molecule has 0 fully saturated rings. The molecule has 0 aliphatic carbocycles. The molecule has 0 aliphatic heterocycles. The number of carbonyl (C=O) groups excluding carboxylic acids is 2. The summed E-state index contributed by atoms with van der Waals surface area (Å²) < 4.78 is 26.4. The molecule has 8 heteroatoms. The largest absolute Gasteiger partial charge is 0.348 e. The van der Waals surface area contributed by atoms with E-state index in [2.05, 4.69) is 10.6 Å². The fourth-order valence-corrected chi connectivity index (χ4v) is 4.84. The van der Waals surface area contributed by atoms with Crippen molar-refractivity contribution in [1.29, 1.82) is 0 Å². The highest BCUT2D eigenvalue weighted by molar-refractivity contribution is 7.92. The van der Waals surface area contributed by atoms with Crippen LogP contribution in [0.4, 0.5) is 11.4 Å². The number of hydrogen-bond acceptors (Lipinski definition) is 4. The number of nitrogens with one attached hydrogen (secondary N) is 2. The summed E-state index contributed by atoms with van der Waals surface area (Å²) in [5.74, 6) is -0.858. The quantitative estimate of drug-likeness (QED) is 0.483. The SMILES string of the molecule is CC[C@@H](C(=O)Nc1ccccc1C(=O)NCc1ccccc1)N(c1ccc(C)cc1)S(C)(=O)=O. The van der Waals surface area contributed by atoms with Crippen LogP contribution in [-0.4, -0.2) is 32.5 Å². The molecule has 0 saturated carbocycles. The van der Waals surface area contributed by atoms with Gasteiger partial charge in [-0.2, -0.15) is 0 Å². The zero-order valence-corrected chi connectivity index (χ0v) is 20.3. The van der Waals surface area contributed by atoms with E-state index in [4.69, 9.17) is 0 Å². The van der Waals surface area contributed by atoms with Gasteiger partial charge in [-0.3, -0.25) is 13.9 Å². The molecule has 3 aromatic carbocycles. The summed E-state index contributed by atoms with van der Waals surface area (Å²) in [4.78, 5) is 26.1. The second-order valence-corrected chi connectivity index (χ2v) is 9.88. The summed E-state index contributed by atoms with van der Waals surface area (Å²) in [6.45, 7) is 3.99. The molecule has 0 saturated heterocycles. The normalized spacial score (nSPS) is 12.0. The van der Waals surface area contributed by atoms with Crippen molar-refractivity contribution >= 4 is 33.2 Å². The molecule has 1 atom stereocenters. The van der Waals surface area contributed by atoms with E-state index >= 15 is 0 Å². The van der Waals surface area contributed by atoms with Crippen molar-refractivity contribution in [2.45, 2.75) is 32.9 Å². The highest BCUT2D eigenvalue weighted by atomic mass is 32.2. The Hall–Kier alpha value is -3.65. The smallest absolute Gasteiger partial charge is 0.253 e. The number of nitrogens with zero attached hydrogens (tertiary/aromatic N) is 1. The van der Waals surface area contributed by atoms with Crippen LogP contribution >= 0.6 is 0 Å². The summed E-state index contributed by atoms with van der Waals surface area (Å²) >= 11 is 0. The minimum absolute atomic E-state index is 0.245. The first-order valence-electron chi connectivity index (χ1n) is 11.0. The average Bonchev–Trinajstić information content (AvgIpc) is 2.82. The molecule has 34 heavy (non-hydrogen) atoms. The Balaban J connectivity index is 1.83. The number of anilines is 2. The Labute approximate surface area is 200 Å². The predicted molar refractivity (Wildman–Crippen MR) is 135 cm³/mol. The minimum Gasteiger partial charge on any atom is -0.348 e. The minimum atomic E-state index is -3.75. The molecular formula is C26H29N3O4S. The molecule has 3 rings (SSSR count). The van der Waals surface area contributed by atoms with Crippen LogP contribution in [0.3, 0.4) is 0 Å². The second kappa shape index (κ2) is 11.0. The zero-order chi connectivity index (χ0) is 24.7. The first-order valence-corrected chi connectivity index (χ1v) is 12.8. The lowest BCUT2D eigenvalue weighted by Gasteiger charge is -2.30. The summed E-state index contributed by atoms with van der Waals surface area (Å²) in [7, 11) is -3.75. The monoisotopic (exact) mass is 479 g/mol. The van der Waals surface area contributed by atoms with Gasteiger partial charge in [0.05, 0.1) is 23.2 Å². The second-order valence-electron chi connectivity index (χ2n) is 8.02. The maximum absolute atomic E-state index is 13.3. The molecule has 0 aromatic heterocycles. The summed E-state index contributed by atoms with van der Waals surface area (Å²) in [6, 6.07) is 22.1. The van der Waals surface area contributed by atoms with Gasteiger partial charge in [-0.25, -0.2) is 8.42 Å². The molecule has 0 unspecified atom stereocenters. The number of amides is 2.